The summed E-state index contributed by atoms with van der Waals surface area (Å²) in [5.41, 5.74) is 0. The summed E-state index contributed by atoms with van der Waals surface area (Å²) in [5, 5.41) is 0. The molecule has 1 amide bonds. The first-order valence-electron chi connectivity index (χ1n) is 5.39. The number of sulfonamides is 1. The highest BCUT2D eigenvalue weighted by atomic mass is 79.9. The molecule has 0 radical (unpaired) electrons. The standard InChI is InChI=1S/C11H14Br2N2O3S/c1-15(2)11(16)5-6-14-19(17,18)10-7-8(12)3-4-9(10)13/h3-4,7,14H,5-6H2,1-2H3. The molecule has 0 aliphatic heterocycles. The molecule has 0 saturated carbocycles. The maximum absolute atomic E-state index is 12.1. The Balaban J connectivity index is 2.77. The number of benzene rings is 1. The first kappa shape index (κ1) is 16.6. The zero-order chi connectivity index (χ0) is 14.6. The third-order valence-corrected chi connectivity index (χ3v) is 5.26. The summed E-state index contributed by atoms with van der Waals surface area (Å²) in [6, 6.07) is 4.88. The molecule has 0 heterocycles. The Bertz CT molecular complexity index is 573. The average molecular weight is 414 g/mol. The van der Waals surface area contributed by atoms with E-state index in [-0.39, 0.29) is 23.8 Å². The fourth-order valence-electron chi connectivity index (χ4n) is 1.28. The molecule has 1 rings (SSSR count). The molecule has 0 saturated heterocycles. The summed E-state index contributed by atoms with van der Waals surface area (Å²) >= 11 is 6.42. The van der Waals surface area contributed by atoms with E-state index >= 15 is 0 Å². The van der Waals surface area contributed by atoms with Crippen molar-refractivity contribution in [3.05, 3.63) is 27.1 Å². The van der Waals surface area contributed by atoms with Gasteiger partial charge in [-0.3, -0.25) is 4.79 Å². The molecule has 1 aromatic rings. The Hall–Kier alpha value is -0.440. The Morgan fingerprint density at radius 1 is 1.32 bits per heavy atom. The fraction of sp³-hybridized carbons (Fsp3) is 0.364. The van der Waals surface area contributed by atoms with Gasteiger partial charge in [-0.1, -0.05) is 15.9 Å². The molecule has 8 heteroatoms. The average Bonchev–Trinajstić information content (AvgIpc) is 2.31. The van der Waals surface area contributed by atoms with Gasteiger partial charge in [0, 0.05) is 36.0 Å². The first-order valence-corrected chi connectivity index (χ1v) is 8.46. The van der Waals surface area contributed by atoms with Crippen LogP contribution in [0.4, 0.5) is 0 Å². The van der Waals surface area contributed by atoms with Gasteiger partial charge in [0.2, 0.25) is 15.9 Å². The van der Waals surface area contributed by atoms with Crippen molar-refractivity contribution in [2.75, 3.05) is 20.6 Å². The molecule has 0 bridgehead atoms. The lowest BCUT2D eigenvalue weighted by Crippen LogP contribution is -2.30. The second-order valence-electron chi connectivity index (χ2n) is 4.01. The van der Waals surface area contributed by atoms with Gasteiger partial charge in [-0.25, -0.2) is 13.1 Å². The van der Waals surface area contributed by atoms with Gasteiger partial charge in [0.25, 0.3) is 0 Å². The van der Waals surface area contributed by atoms with Gasteiger partial charge >= 0.3 is 0 Å². The van der Waals surface area contributed by atoms with Gasteiger partial charge in [0.1, 0.15) is 0 Å². The van der Waals surface area contributed by atoms with Crippen molar-refractivity contribution in [2.45, 2.75) is 11.3 Å². The van der Waals surface area contributed by atoms with Gasteiger partial charge in [-0.2, -0.15) is 0 Å². The van der Waals surface area contributed by atoms with E-state index in [0.717, 1.165) is 0 Å². The van der Waals surface area contributed by atoms with E-state index in [9.17, 15) is 13.2 Å². The van der Waals surface area contributed by atoms with Gasteiger partial charge in [-0.15, -0.1) is 0 Å². The summed E-state index contributed by atoms with van der Waals surface area (Å²) < 4.78 is 27.7. The molecule has 1 aromatic carbocycles. The molecular weight excluding hydrogens is 400 g/mol. The lowest BCUT2D eigenvalue weighted by atomic mass is 10.4. The maximum Gasteiger partial charge on any atom is 0.241 e. The highest BCUT2D eigenvalue weighted by Crippen LogP contribution is 2.25. The largest absolute Gasteiger partial charge is 0.349 e. The second kappa shape index (κ2) is 6.83. The van der Waals surface area contributed by atoms with Crippen molar-refractivity contribution in [1.29, 1.82) is 0 Å². The van der Waals surface area contributed by atoms with Crippen LogP contribution in [0.5, 0.6) is 0 Å². The second-order valence-corrected chi connectivity index (χ2v) is 7.52. The van der Waals surface area contributed by atoms with Crippen LogP contribution >= 0.6 is 31.9 Å². The van der Waals surface area contributed by atoms with Gasteiger partial charge in [0.15, 0.2) is 0 Å². The Labute approximate surface area is 129 Å². The lowest BCUT2D eigenvalue weighted by molar-refractivity contribution is -0.128. The van der Waals surface area contributed by atoms with Crippen molar-refractivity contribution < 1.29 is 13.2 Å². The van der Waals surface area contributed by atoms with Gasteiger partial charge in [0.05, 0.1) is 4.90 Å². The number of carbonyl (C=O) groups is 1. The van der Waals surface area contributed by atoms with Crippen molar-refractivity contribution in [1.82, 2.24) is 9.62 Å². The number of hydrogen-bond donors (Lipinski definition) is 1. The molecule has 0 fully saturated rings. The van der Waals surface area contributed by atoms with E-state index in [1.807, 2.05) is 0 Å². The number of hydrogen-bond acceptors (Lipinski definition) is 3. The Kier molecular flexibility index (Phi) is 5.97. The molecule has 0 unspecified atom stereocenters. The van der Waals surface area contributed by atoms with Crippen molar-refractivity contribution in [2.24, 2.45) is 0 Å². The van der Waals surface area contributed by atoms with Gasteiger partial charge < -0.3 is 4.90 Å². The van der Waals surface area contributed by atoms with Crippen LogP contribution in [0.3, 0.4) is 0 Å². The van der Waals surface area contributed by atoms with Crippen LogP contribution in [0, 0.1) is 0 Å². The SMILES string of the molecule is CN(C)C(=O)CCNS(=O)(=O)c1cc(Br)ccc1Br. The van der Waals surface area contributed by atoms with Crippen molar-refractivity contribution >= 4 is 47.8 Å². The maximum atomic E-state index is 12.1. The van der Waals surface area contributed by atoms with Crippen LogP contribution in [-0.2, 0) is 14.8 Å². The Morgan fingerprint density at radius 2 is 1.95 bits per heavy atom. The van der Waals surface area contributed by atoms with Crippen molar-refractivity contribution in [3.8, 4) is 0 Å². The predicted octanol–water partition coefficient (Wildman–Crippen LogP) is 1.97. The van der Waals surface area contributed by atoms with E-state index in [1.54, 1.807) is 26.2 Å². The molecule has 19 heavy (non-hydrogen) atoms. The minimum absolute atomic E-state index is 0.0678. The summed E-state index contributed by atoms with van der Waals surface area (Å²) in [5.74, 6) is -0.129. The highest BCUT2D eigenvalue weighted by Gasteiger charge is 2.18. The van der Waals surface area contributed by atoms with Gasteiger partial charge in [-0.05, 0) is 34.1 Å². The quantitative estimate of drug-likeness (QED) is 0.802. The number of amides is 1. The smallest absolute Gasteiger partial charge is 0.241 e. The Morgan fingerprint density at radius 3 is 2.53 bits per heavy atom. The molecule has 0 aliphatic carbocycles. The van der Waals surface area contributed by atoms with E-state index in [2.05, 4.69) is 36.6 Å². The molecular formula is C11H14Br2N2O3S. The number of carbonyl (C=O) groups excluding carboxylic acids is 1. The molecule has 0 atom stereocenters. The molecule has 0 aromatic heterocycles. The summed E-state index contributed by atoms with van der Waals surface area (Å²) in [6.45, 7) is 0.0678. The summed E-state index contributed by atoms with van der Waals surface area (Å²) in [6.07, 6.45) is 0.123. The van der Waals surface area contributed by atoms with Crippen molar-refractivity contribution in [3.63, 3.8) is 0 Å². The first-order chi connectivity index (χ1) is 8.74. The van der Waals surface area contributed by atoms with Crippen LogP contribution in [0.2, 0.25) is 0 Å². The van der Waals surface area contributed by atoms with E-state index in [1.165, 1.54) is 11.0 Å². The number of halogens is 2. The fourth-order valence-corrected chi connectivity index (χ4v) is 3.81. The normalized spacial score (nSPS) is 11.4. The monoisotopic (exact) mass is 412 g/mol. The third kappa shape index (κ3) is 4.87. The summed E-state index contributed by atoms with van der Waals surface area (Å²) in [4.78, 5) is 12.9. The van der Waals surface area contributed by atoms with E-state index in [4.69, 9.17) is 0 Å². The topological polar surface area (TPSA) is 66.5 Å². The minimum atomic E-state index is -3.63. The van der Waals surface area contributed by atoms with Crippen LogP contribution in [0.25, 0.3) is 0 Å². The lowest BCUT2D eigenvalue weighted by Gasteiger charge is -2.11. The number of nitrogens with one attached hydrogen (secondary N) is 1. The predicted molar refractivity (Wildman–Crippen MR) is 80.3 cm³/mol. The molecule has 106 valence electrons. The molecule has 0 aliphatic rings. The highest BCUT2D eigenvalue weighted by molar-refractivity contribution is 9.11. The minimum Gasteiger partial charge on any atom is -0.349 e. The van der Waals surface area contributed by atoms with Crippen LogP contribution in [-0.4, -0.2) is 39.9 Å². The third-order valence-electron chi connectivity index (χ3n) is 2.31. The van der Waals surface area contributed by atoms with Crippen LogP contribution in [0.1, 0.15) is 6.42 Å². The van der Waals surface area contributed by atoms with Crippen LogP contribution in [0.15, 0.2) is 32.0 Å². The summed E-state index contributed by atoms with van der Waals surface area (Å²) in [7, 11) is -0.379. The number of rotatable bonds is 5. The zero-order valence-electron chi connectivity index (χ0n) is 10.5. The zero-order valence-corrected chi connectivity index (χ0v) is 14.5. The van der Waals surface area contributed by atoms with E-state index in [0.29, 0.717) is 8.95 Å². The molecule has 1 N–H and O–H groups in total. The van der Waals surface area contributed by atoms with E-state index < -0.39 is 10.0 Å². The van der Waals surface area contributed by atoms with Crippen LogP contribution < -0.4 is 4.72 Å². The molecule has 0 spiro atoms. The molecule has 5 nitrogen and oxygen atoms in total. The number of nitrogens with zero attached hydrogens (tertiary/aromatic N) is 1.